The van der Waals surface area contributed by atoms with Gasteiger partial charge in [-0.05, 0) is 31.8 Å². The quantitative estimate of drug-likeness (QED) is 0.720. The number of nitrogens with one attached hydrogen (secondary N) is 1. The van der Waals surface area contributed by atoms with Gasteiger partial charge in [-0.2, -0.15) is 0 Å². The molecule has 1 rings (SSSR count). The van der Waals surface area contributed by atoms with Crippen LogP contribution in [0.4, 0.5) is 0 Å². The van der Waals surface area contributed by atoms with Gasteiger partial charge in [0.2, 0.25) is 0 Å². The van der Waals surface area contributed by atoms with E-state index in [1.54, 1.807) is 12.1 Å². The van der Waals surface area contributed by atoms with Crippen LogP contribution < -0.4 is 5.48 Å². The molecule has 6 nitrogen and oxygen atoms in total. The number of benzene rings is 1. The smallest absolute Gasteiger partial charge is 0.332 e. The van der Waals surface area contributed by atoms with Crippen molar-refractivity contribution in [3.8, 4) is 0 Å². The molecule has 98 valence electrons. The number of carboxylic acids is 1. The molecule has 0 radical (unpaired) electrons. The summed E-state index contributed by atoms with van der Waals surface area (Å²) >= 11 is 0. The minimum absolute atomic E-state index is 0.419. The summed E-state index contributed by atoms with van der Waals surface area (Å²) < 4.78 is 0. The van der Waals surface area contributed by atoms with Gasteiger partial charge < -0.3 is 10.0 Å². The zero-order valence-electron chi connectivity index (χ0n) is 10.3. The van der Waals surface area contributed by atoms with Crippen molar-refractivity contribution in [3.05, 3.63) is 35.4 Å². The monoisotopic (exact) mass is 252 g/mol. The molecule has 0 aliphatic rings. The van der Waals surface area contributed by atoms with E-state index in [4.69, 9.17) is 5.11 Å². The van der Waals surface area contributed by atoms with Gasteiger partial charge in [-0.1, -0.05) is 12.1 Å². The number of hydroxylamine groups is 1. The number of hydrogen-bond donors (Lipinski definition) is 2. The SMILES string of the molecule is CN(C)Cc1ccc(C(=O)NOCC(=O)O)cc1. The Balaban J connectivity index is 2.51. The summed E-state index contributed by atoms with van der Waals surface area (Å²) in [6.45, 7) is 0.224. The molecular formula is C12H16N2O4. The molecular weight excluding hydrogens is 236 g/mol. The zero-order valence-corrected chi connectivity index (χ0v) is 10.3. The number of aliphatic carboxylic acids is 1. The van der Waals surface area contributed by atoms with Crippen molar-refractivity contribution in [2.75, 3.05) is 20.7 Å². The minimum atomic E-state index is -1.14. The van der Waals surface area contributed by atoms with E-state index in [2.05, 4.69) is 10.3 Å². The third kappa shape index (κ3) is 4.94. The first-order chi connectivity index (χ1) is 8.49. The van der Waals surface area contributed by atoms with Gasteiger partial charge in [0.25, 0.3) is 5.91 Å². The number of hydrogen-bond acceptors (Lipinski definition) is 4. The molecule has 0 saturated carbocycles. The van der Waals surface area contributed by atoms with E-state index in [1.165, 1.54) is 0 Å². The van der Waals surface area contributed by atoms with Crippen molar-refractivity contribution >= 4 is 11.9 Å². The number of carboxylic acid groups (broad SMARTS) is 1. The Bertz CT molecular complexity index is 415. The minimum Gasteiger partial charge on any atom is -0.479 e. The second kappa shape index (κ2) is 6.73. The Morgan fingerprint density at radius 2 is 1.89 bits per heavy atom. The molecule has 0 bridgehead atoms. The summed E-state index contributed by atoms with van der Waals surface area (Å²) in [5, 5.41) is 8.34. The molecule has 0 heterocycles. The molecule has 18 heavy (non-hydrogen) atoms. The van der Waals surface area contributed by atoms with Crippen LogP contribution in [0.2, 0.25) is 0 Å². The van der Waals surface area contributed by atoms with Crippen LogP contribution >= 0.6 is 0 Å². The average Bonchev–Trinajstić information content (AvgIpc) is 2.28. The third-order valence-corrected chi connectivity index (χ3v) is 2.08. The molecule has 1 aromatic carbocycles. The zero-order chi connectivity index (χ0) is 13.5. The molecule has 0 aromatic heterocycles. The van der Waals surface area contributed by atoms with E-state index in [0.29, 0.717) is 5.56 Å². The molecule has 0 fully saturated rings. The predicted molar refractivity (Wildman–Crippen MR) is 64.9 cm³/mol. The van der Waals surface area contributed by atoms with E-state index in [1.807, 2.05) is 31.1 Å². The van der Waals surface area contributed by atoms with Gasteiger partial charge in [-0.15, -0.1) is 0 Å². The fourth-order valence-electron chi connectivity index (χ4n) is 1.35. The summed E-state index contributed by atoms with van der Waals surface area (Å²) in [6.07, 6.45) is 0. The van der Waals surface area contributed by atoms with E-state index in [9.17, 15) is 9.59 Å². The first-order valence-electron chi connectivity index (χ1n) is 5.36. The topological polar surface area (TPSA) is 78.9 Å². The second-order valence-corrected chi connectivity index (χ2v) is 4.05. The van der Waals surface area contributed by atoms with Gasteiger partial charge in [0.15, 0.2) is 6.61 Å². The van der Waals surface area contributed by atoms with E-state index >= 15 is 0 Å². The number of nitrogens with zero attached hydrogens (tertiary/aromatic N) is 1. The van der Waals surface area contributed by atoms with E-state index in [-0.39, 0.29) is 0 Å². The predicted octanol–water partition coefficient (Wildman–Crippen LogP) is 0.494. The van der Waals surface area contributed by atoms with Crippen LogP contribution in [0.3, 0.4) is 0 Å². The van der Waals surface area contributed by atoms with Gasteiger partial charge in [0.05, 0.1) is 0 Å². The number of carbonyl (C=O) groups excluding carboxylic acids is 1. The molecule has 0 spiro atoms. The van der Waals surface area contributed by atoms with Gasteiger partial charge in [0.1, 0.15) is 0 Å². The highest BCUT2D eigenvalue weighted by atomic mass is 16.7. The number of amides is 1. The lowest BCUT2D eigenvalue weighted by Gasteiger charge is -2.10. The number of rotatable bonds is 6. The molecule has 1 aromatic rings. The molecule has 0 aliphatic carbocycles. The molecule has 0 unspecified atom stereocenters. The molecule has 0 saturated heterocycles. The molecule has 0 atom stereocenters. The maximum Gasteiger partial charge on any atom is 0.332 e. The van der Waals surface area contributed by atoms with Crippen molar-refractivity contribution in [1.82, 2.24) is 10.4 Å². The van der Waals surface area contributed by atoms with Crippen LogP contribution in [-0.4, -0.2) is 42.6 Å². The van der Waals surface area contributed by atoms with Crippen molar-refractivity contribution < 1.29 is 19.5 Å². The third-order valence-electron chi connectivity index (χ3n) is 2.08. The van der Waals surface area contributed by atoms with Crippen LogP contribution in [0, 0.1) is 0 Å². The van der Waals surface area contributed by atoms with Crippen molar-refractivity contribution in [2.45, 2.75) is 6.54 Å². The summed E-state index contributed by atoms with van der Waals surface area (Å²) in [5.74, 6) is -1.61. The lowest BCUT2D eigenvalue weighted by atomic mass is 10.1. The fourth-order valence-corrected chi connectivity index (χ4v) is 1.35. The van der Waals surface area contributed by atoms with Gasteiger partial charge >= 0.3 is 5.97 Å². The molecule has 2 N–H and O–H groups in total. The van der Waals surface area contributed by atoms with Crippen LogP contribution in [0.25, 0.3) is 0 Å². The first-order valence-corrected chi connectivity index (χ1v) is 5.36. The maximum atomic E-state index is 11.5. The first kappa shape index (κ1) is 14.1. The summed E-state index contributed by atoms with van der Waals surface area (Å²) in [6, 6.07) is 7.01. The number of carbonyl (C=O) groups is 2. The second-order valence-electron chi connectivity index (χ2n) is 4.05. The molecule has 6 heteroatoms. The van der Waals surface area contributed by atoms with Crippen molar-refractivity contribution in [3.63, 3.8) is 0 Å². The average molecular weight is 252 g/mol. The van der Waals surface area contributed by atoms with Crippen LogP contribution in [0.15, 0.2) is 24.3 Å². The van der Waals surface area contributed by atoms with E-state index < -0.39 is 18.5 Å². The largest absolute Gasteiger partial charge is 0.479 e. The maximum absolute atomic E-state index is 11.5. The Hall–Kier alpha value is -1.92. The fraction of sp³-hybridized carbons (Fsp3) is 0.333. The highest BCUT2D eigenvalue weighted by Gasteiger charge is 2.06. The van der Waals surface area contributed by atoms with E-state index in [0.717, 1.165) is 12.1 Å². The van der Waals surface area contributed by atoms with Gasteiger partial charge in [-0.25, -0.2) is 10.3 Å². The lowest BCUT2D eigenvalue weighted by molar-refractivity contribution is -0.144. The van der Waals surface area contributed by atoms with Crippen LogP contribution in [0.1, 0.15) is 15.9 Å². The van der Waals surface area contributed by atoms with Crippen molar-refractivity contribution in [1.29, 1.82) is 0 Å². The summed E-state index contributed by atoms with van der Waals surface area (Å²) in [5.41, 5.74) is 3.57. The van der Waals surface area contributed by atoms with Crippen LogP contribution in [-0.2, 0) is 16.2 Å². The van der Waals surface area contributed by atoms with Gasteiger partial charge in [0, 0.05) is 12.1 Å². The Morgan fingerprint density at radius 1 is 1.28 bits per heavy atom. The lowest BCUT2D eigenvalue weighted by Crippen LogP contribution is -2.26. The summed E-state index contributed by atoms with van der Waals surface area (Å²) in [4.78, 5) is 28.2. The Labute approximate surface area is 105 Å². The standard InChI is InChI=1S/C12H16N2O4/c1-14(2)7-9-3-5-10(6-4-9)12(17)13-18-8-11(15)16/h3-6H,7-8H2,1-2H3,(H,13,17)(H,15,16). The highest BCUT2D eigenvalue weighted by molar-refractivity contribution is 5.93. The summed E-state index contributed by atoms with van der Waals surface area (Å²) in [7, 11) is 3.92. The highest BCUT2D eigenvalue weighted by Crippen LogP contribution is 2.06. The Morgan fingerprint density at radius 3 is 2.39 bits per heavy atom. The normalized spacial score (nSPS) is 10.4. The molecule has 0 aliphatic heterocycles. The van der Waals surface area contributed by atoms with Gasteiger partial charge in [-0.3, -0.25) is 9.63 Å². The van der Waals surface area contributed by atoms with Crippen molar-refractivity contribution in [2.24, 2.45) is 0 Å². The molecule has 1 amide bonds. The van der Waals surface area contributed by atoms with Crippen LogP contribution in [0.5, 0.6) is 0 Å². The Kier molecular flexibility index (Phi) is 5.29.